The van der Waals surface area contributed by atoms with Crippen LogP contribution in [0.1, 0.15) is 18.0 Å². The van der Waals surface area contributed by atoms with E-state index < -0.39 is 0 Å². The lowest BCUT2D eigenvalue weighted by Crippen LogP contribution is -2.08. The van der Waals surface area contributed by atoms with E-state index in [1.807, 2.05) is 34.5 Å². The number of nitrogens with zero attached hydrogens (tertiary/aromatic N) is 4. The molecule has 0 N–H and O–H groups in total. The van der Waals surface area contributed by atoms with Crippen molar-refractivity contribution < 1.29 is 0 Å². The second-order valence-corrected chi connectivity index (χ2v) is 5.91. The molecule has 4 nitrogen and oxygen atoms in total. The first-order chi connectivity index (χ1) is 9.72. The molecule has 0 unspecified atom stereocenters. The van der Waals surface area contributed by atoms with Gasteiger partial charge in [0.05, 0.1) is 33.7 Å². The highest BCUT2D eigenvalue weighted by molar-refractivity contribution is 7.09. The summed E-state index contributed by atoms with van der Waals surface area (Å²) in [5.74, 6) is 0. The molecule has 6 heteroatoms. The molecule has 0 fully saturated rings. The minimum Gasteiger partial charge on any atom is -0.268 e. The molecule has 1 atom stereocenters. The molecular weight excluding hydrogens is 292 g/mol. The van der Waals surface area contributed by atoms with E-state index in [9.17, 15) is 0 Å². The molecule has 0 amide bonds. The van der Waals surface area contributed by atoms with Crippen molar-refractivity contribution in [1.82, 2.24) is 19.7 Å². The van der Waals surface area contributed by atoms with Gasteiger partial charge in [-0.15, -0.1) is 11.3 Å². The van der Waals surface area contributed by atoms with E-state index >= 15 is 0 Å². The Labute approximate surface area is 126 Å². The van der Waals surface area contributed by atoms with Gasteiger partial charge >= 0.3 is 0 Å². The van der Waals surface area contributed by atoms with Crippen molar-refractivity contribution >= 4 is 22.9 Å². The fourth-order valence-electron chi connectivity index (χ4n) is 1.94. The minimum atomic E-state index is 0.227. The molecule has 3 aromatic rings. The van der Waals surface area contributed by atoms with Gasteiger partial charge in [0, 0.05) is 24.2 Å². The van der Waals surface area contributed by atoms with E-state index in [-0.39, 0.29) is 6.04 Å². The molecule has 102 valence electrons. The van der Waals surface area contributed by atoms with Gasteiger partial charge < -0.3 is 0 Å². The lowest BCUT2D eigenvalue weighted by Gasteiger charge is -2.09. The average Bonchev–Trinajstić information content (AvgIpc) is 3.09. The number of halogens is 1. The Bertz CT molecular complexity index is 692. The normalized spacial score (nSPS) is 12.5. The van der Waals surface area contributed by atoms with Crippen LogP contribution in [0.3, 0.4) is 0 Å². The van der Waals surface area contributed by atoms with Crippen LogP contribution in [0.5, 0.6) is 0 Å². The van der Waals surface area contributed by atoms with Gasteiger partial charge in [0.15, 0.2) is 0 Å². The van der Waals surface area contributed by atoms with E-state index in [0.29, 0.717) is 5.02 Å². The first kappa shape index (κ1) is 13.3. The number of hydrogen-bond donors (Lipinski definition) is 0. The van der Waals surface area contributed by atoms with E-state index in [0.717, 1.165) is 22.8 Å². The molecule has 0 radical (unpaired) electrons. The molecular formula is C14H13ClN4S. The van der Waals surface area contributed by atoms with Crippen LogP contribution in [0.15, 0.2) is 42.2 Å². The average molecular weight is 305 g/mol. The highest BCUT2D eigenvalue weighted by Gasteiger charge is 2.11. The molecule has 0 bridgehead atoms. The van der Waals surface area contributed by atoms with E-state index in [1.165, 1.54) is 0 Å². The standard InChI is InChI=1S/C14H13ClN4S/c1-10(19-8-11(15)7-17-19)6-14-18-13(9-20-14)12-4-2-3-5-16-12/h2-5,7-10H,6H2,1H3/t10-/m0/s1. The molecule has 0 aliphatic rings. The Hall–Kier alpha value is -1.72. The van der Waals surface area contributed by atoms with Crippen molar-refractivity contribution in [2.45, 2.75) is 19.4 Å². The van der Waals surface area contributed by atoms with Gasteiger partial charge in [-0.05, 0) is 19.1 Å². The summed E-state index contributed by atoms with van der Waals surface area (Å²) in [5, 5.41) is 8.00. The highest BCUT2D eigenvalue weighted by Crippen LogP contribution is 2.23. The van der Waals surface area contributed by atoms with Crippen LogP contribution in [-0.2, 0) is 6.42 Å². The Morgan fingerprint density at radius 2 is 2.25 bits per heavy atom. The maximum atomic E-state index is 5.89. The van der Waals surface area contributed by atoms with Crippen LogP contribution in [-0.4, -0.2) is 19.7 Å². The smallest absolute Gasteiger partial charge is 0.0998 e. The summed E-state index contributed by atoms with van der Waals surface area (Å²) in [6.07, 6.45) is 6.09. The van der Waals surface area contributed by atoms with Crippen LogP contribution >= 0.6 is 22.9 Å². The van der Waals surface area contributed by atoms with Crippen molar-refractivity contribution in [2.24, 2.45) is 0 Å². The molecule has 0 saturated carbocycles. The van der Waals surface area contributed by atoms with Crippen LogP contribution in [0.25, 0.3) is 11.4 Å². The predicted molar refractivity (Wildman–Crippen MR) is 81.0 cm³/mol. The summed E-state index contributed by atoms with van der Waals surface area (Å²) in [6, 6.07) is 6.07. The molecule has 0 aromatic carbocycles. The molecule has 0 aliphatic heterocycles. The van der Waals surface area contributed by atoms with Crippen LogP contribution in [0.2, 0.25) is 5.02 Å². The number of rotatable bonds is 4. The zero-order chi connectivity index (χ0) is 13.9. The Balaban J connectivity index is 1.74. The fraction of sp³-hybridized carbons (Fsp3) is 0.214. The summed E-state index contributed by atoms with van der Waals surface area (Å²) in [4.78, 5) is 8.95. The topological polar surface area (TPSA) is 43.6 Å². The summed E-state index contributed by atoms with van der Waals surface area (Å²) in [6.45, 7) is 2.10. The van der Waals surface area contributed by atoms with Crippen molar-refractivity contribution in [1.29, 1.82) is 0 Å². The molecule has 0 saturated heterocycles. The van der Waals surface area contributed by atoms with E-state index in [2.05, 4.69) is 22.0 Å². The fourth-order valence-corrected chi connectivity index (χ4v) is 2.99. The van der Waals surface area contributed by atoms with Crippen molar-refractivity contribution in [3.8, 4) is 11.4 Å². The number of thiazole rings is 1. The molecule has 0 spiro atoms. The van der Waals surface area contributed by atoms with Gasteiger partial charge in [0.1, 0.15) is 0 Å². The van der Waals surface area contributed by atoms with Gasteiger partial charge in [-0.1, -0.05) is 17.7 Å². The van der Waals surface area contributed by atoms with Gasteiger partial charge in [-0.2, -0.15) is 5.10 Å². The largest absolute Gasteiger partial charge is 0.268 e. The third-order valence-electron chi connectivity index (χ3n) is 2.97. The number of aromatic nitrogens is 4. The van der Waals surface area contributed by atoms with Crippen LogP contribution in [0, 0.1) is 0 Å². The summed E-state index contributed by atoms with van der Waals surface area (Å²) < 4.78 is 1.87. The van der Waals surface area contributed by atoms with Crippen molar-refractivity contribution in [2.75, 3.05) is 0 Å². The van der Waals surface area contributed by atoms with Crippen molar-refractivity contribution in [3.63, 3.8) is 0 Å². The quantitative estimate of drug-likeness (QED) is 0.735. The highest BCUT2D eigenvalue weighted by atomic mass is 35.5. The third kappa shape index (κ3) is 2.89. The molecule has 0 aliphatic carbocycles. The summed E-state index contributed by atoms with van der Waals surface area (Å²) in [5.41, 5.74) is 1.83. The predicted octanol–water partition coefficient (Wildman–Crippen LogP) is 3.86. The SMILES string of the molecule is C[C@@H](Cc1nc(-c2ccccn2)cs1)n1cc(Cl)cn1. The van der Waals surface area contributed by atoms with Gasteiger partial charge in [-0.25, -0.2) is 4.98 Å². The Morgan fingerprint density at radius 3 is 2.95 bits per heavy atom. The molecule has 3 heterocycles. The van der Waals surface area contributed by atoms with Gasteiger partial charge in [-0.3, -0.25) is 9.67 Å². The second-order valence-electron chi connectivity index (χ2n) is 4.53. The first-order valence-electron chi connectivity index (χ1n) is 6.28. The lowest BCUT2D eigenvalue weighted by molar-refractivity contribution is 0.488. The second kappa shape index (κ2) is 5.73. The van der Waals surface area contributed by atoms with E-state index in [1.54, 1.807) is 23.7 Å². The minimum absolute atomic E-state index is 0.227. The molecule has 20 heavy (non-hydrogen) atoms. The van der Waals surface area contributed by atoms with Crippen LogP contribution < -0.4 is 0 Å². The molecule has 3 rings (SSSR count). The summed E-state index contributed by atoms with van der Waals surface area (Å²) >= 11 is 7.54. The zero-order valence-electron chi connectivity index (χ0n) is 10.9. The van der Waals surface area contributed by atoms with Crippen molar-refractivity contribution in [3.05, 3.63) is 52.2 Å². The zero-order valence-corrected chi connectivity index (χ0v) is 12.5. The van der Waals surface area contributed by atoms with Crippen LogP contribution in [0.4, 0.5) is 0 Å². The maximum absolute atomic E-state index is 5.89. The van der Waals surface area contributed by atoms with E-state index in [4.69, 9.17) is 11.6 Å². The van der Waals surface area contributed by atoms with Gasteiger partial charge in [0.25, 0.3) is 0 Å². The molecule has 3 aromatic heterocycles. The third-order valence-corrected chi connectivity index (χ3v) is 4.04. The Kier molecular flexibility index (Phi) is 3.80. The monoisotopic (exact) mass is 304 g/mol. The number of hydrogen-bond acceptors (Lipinski definition) is 4. The summed E-state index contributed by atoms with van der Waals surface area (Å²) in [7, 11) is 0. The lowest BCUT2D eigenvalue weighted by atomic mass is 10.2. The maximum Gasteiger partial charge on any atom is 0.0998 e. The first-order valence-corrected chi connectivity index (χ1v) is 7.53. The number of pyridine rings is 1. The Morgan fingerprint density at radius 1 is 1.35 bits per heavy atom. The van der Waals surface area contributed by atoms with Gasteiger partial charge in [0.2, 0.25) is 0 Å².